The number of halogens is 2. The van der Waals surface area contributed by atoms with E-state index in [0.29, 0.717) is 5.69 Å². The quantitative estimate of drug-likeness (QED) is 0.214. The minimum Gasteiger partial charge on any atom is -0.444 e. The molecule has 35 heavy (non-hydrogen) atoms. The molecule has 0 saturated heterocycles. The van der Waals surface area contributed by atoms with E-state index in [4.69, 9.17) is 4.74 Å². The van der Waals surface area contributed by atoms with Crippen molar-refractivity contribution in [3.63, 3.8) is 0 Å². The van der Waals surface area contributed by atoms with E-state index in [9.17, 15) is 19.7 Å². The fraction of sp³-hybridized carbons (Fsp3) is 0.167. The van der Waals surface area contributed by atoms with E-state index in [1.54, 1.807) is 44.7 Å². The Bertz CT molecular complexity index is 1260. The van der Waals surface area contributed by atoms with Crippen LogP contribution in [0.1, 0.15) is 31.1 Å². The van der Waals surface area contributed by atoms with Crippen LogP contribution in [0.2, 0.25) is 0 Å². The Morgan fingerprint density at radius 2 is 1.51 bits per heavy atom. The molecule has 3 rings (SSSR count). The van der Waals surface area contributed by atoms with E-state index < -0.39 is 28.2 Å². The number of anilines is 2. The molecule has 2 amide bonds. The van der Waals surface area contributed by atoms with Crippen molar-refractivity contribution in [2.45, 2.75) is 36.2 Å². The monoisotopic (exact) mass is 621 g/mol. The molecule has 0 unspecified atom stereocenters. The van der Waals surface area contributed by atoms with Crippen LogP contribution in [0.25, 0.3) is 0 Å². The molecular formula is C24H21Br2N3O5S. The van der Waals surface area contributed by atoms with Crippen molar-refractivity contribution in [3.8, 4) is 0 Å². The van der Waals surface area contributed by atoms with E-state index >= 15 is 0 Å². The number of carbonyl (C=O) groups is 2. The predicted molar refractivity (Wildman–Crippen MR) is 143 cm³/mol. The van der Waals surface area contributed by atoms with Gasteiger partial charge in [-0.15, -0.1) is 0 Å². The van der Waals surface area contributed by atoms with Gasteiger partial charge in [0.25, 0.3) is 11.6 Å². The molecule has 0 aliphatic heterocycles. The number of nitro benzene ring substituents is 1. The van der Waals surface area contributed by atoms with Crippen molar-refractivity contribution in [2.24, 2.45) is 0 Å². The van der Waals surface area contributed by atoms with Gasteiger partial charge in [-0.2, -0.15) is 0 Å². The SMILES string of the molecule is CC(C)(C)OC(=O)Nc1c(Br)cc(C(=O)Nc2ccc(Sc3ccc(Br)cc3)cc2)cc1[N+](=O)[O-]. The molecule has 0 radical (unpaired) electrons. The first-order valence-corrected chi connectivity index (χ1v) is 12.6. The normalized spacial score (nSPS) is 11.0. The minimum atomic E-state index is -0.848. The van der Waals surface area contributed by atoms with Crippen molar-refractivity contribution in [1.29, 1.82) is 0 Å². The second-order valence-corrected chi connectivity index (χ2v) is 11.2. The van der Waals surface area contributed by atoms with Crippen molar-refractivity contribution in [1.82, 2.24) is 0 Å². The van der Waals surface area contributed by atoms with E-state index in [1.807, 2.05) is 36.4 Å². The highest BCUT2D eigenvalue weighted by atomic mass is 79.9. The van der Waals surface area contributed by atoms with Gasteiger partial charge in [-0.1, -0.05) is 27.7 Å². The summed E-state index contributed by atoms with van der Waals surface area (Å²) < 4.78 is 6.33. The molecule has 0 saturated carbocycles. The molecule has 0 heterocycles. The molecule has 11 heteroatoms. The zero-order valence-corrected chi connectivity index (χ0v) is 22.9. The lowest BCUT2D eigenvalue weighted by atomic mass is 10.1. The van der Waals surface area contributed by atoms with E-state index in [1.165, 1.54) is 6.07 Å². The average Bonchev–Trinajstić information content (AvgIpc) is 2.76. The molecule has 2 N–H and O–H groups in total. The predicted octanol–water partition coefficient (Wildman–Crippen LogP) is 7.87. The van der Waals surface area contributed by atoms with Crippen LogP contribution in [0.5, 0.6) is 0 Å². The molecule has 0 spiro atoms. The Hall–Kier alpha value is -2.89. The summed E-state index contributed by atoms with van der Waals surface area (Å²) in [6.07, 6.45) is -0.848. The highest BCUT2D eigenvalue weighted by Crippen LogP contribution is 2.35. The zero-order valence-electron chi connectivity index (χ0n) is 18.9. The number of benzene rings is 3. The second kappa shape index (κ2) is 11.2. The van der Waals surface area contributed by atoms with Gasteiger partial charge in [0, 0.05) is 36.1 Å². The lowest BCUT2D eigenvalue weighted by molar-refractivity contribution is -0.384. The van der Waals surface area contributed by atoms with Crippen LogP contribution in [-0.2, 0) is 4.74 Å². The average molecular weight is 623 g/mol. The molecule has 0 bridgehead atoms. The number of nitro groups is 1. The summed E-state index contributed by atoms with van der Waals surface area (Å²) in [7, 11) is 0. The van der Waals surface area contributed by atoms with E-state index in [0.717, 1.165) is 20.3 Å². The first kappa shape index (κ1) is 26.7. The molecule has 0 aromatic heterocycles. The number of hydrogen-bond acceptors (Lipinski definition) is 6. The van der Waals surface area contributed by atoms with Crippen LogP contribution in [0, 0.1) is 10.1 Å². The molecule has 0 aliphatic rings. The number of nitrogens with one attached hydrogen (secondary N) is 2. The van der Waals surface area contributed by atoms with Gasteiger partial charge in [0.15, 0.2) is 0 Å². The summed E-state index contributed by atoms with van der Waals surface area (Å²) in [6.45, 7) is 5.03. The lowest BCUT2D eigenvalue weighted by Crippen LogP contribution is -2.27. The Balaban J connectivity index is 1.74. The number of rotatable bonds is 6. The van der Waals surface area contributed by atoms with Crippen LogP contribution in [0.3, 0.4) is 0 Å². The third-order valence-corrected chi connectivity index (χ3v) is 6.49. The molecular weight excluding hydrogens is 602 g/mol. The summed E-state index contributed by atoms with van der Waals surface area (Å²) in [6, 6.07) is 17.7. The molecule has 3 aromatic carbocycles. The maximum Gasteiger partial charge on any atom is 0.412 e. The Labute approximate surface area is 223 Å². The summed E-state index contributed by atoms with van der Waals surface area (Å²) in [5.74, 6) is -0.536. The summed E-state index contributed by atoms with van der Waals surface area (Å²) in [5, 5.41) is 16.7. The minimum absolute atomic E-state index is 0.0478. The van der Waals surface area contributed by atoms with Crippen molar-refractivity contribution in [3.05, 3.63) is 85.3 Å². The van der Waals surface area contributed by atoms with E-state index in [-0.39, 0.29) is 15.7 Å². The number of hydrogen-bond donors (Lipinski definition) is 2. The van der Waals surface area contributed by atoms with Crippen molar-refractivity contribution < 1.29 is 19.2 Å². The van der Waals surface area contributed by atoms with Gasteiger partial charge < -0.3 is 10.1 Å². The van der Waals surface area contributed by atoms with Gasteiger partial charge in [0.05, 0.1) is 4.92 Å². The van der Waals surface area contributed by atoms with Crippen molar-refractivity contribution >= 4 is 72.7 Å². The first-order valence-electron chi connectivity index (χ1n) is 10.2. The van der Waals surface area contributed by atoms with Gasteiger partial charge in [0.1, 0.15) is 11.3 Å². The molecule has 8 nitrogen and oxygen atoms in total. The maximum atomic E-state index is 12.8. The number of amides is 2. The van der Waals surface area contributed by atoms with Crippen molar-refractivity contribution in [2.75, 3.05) is 10.6 Å². The summed E-state index contributed by atoms with van der Waals surface area (Å²) >= 11 is 8.20. The highest BCUT2D eigenvalue weighted by molar-refractivity contribution is 9.10. The largest absolute Gasteiger partial charge is 0.444 e. The van der Waals surface area contributed by atoms with Crippen LogP contribution in [-0.4, -0.2) is 22.5 Å². The maximum absolute atomic E-state index is 12.8. The third-order valence-electron chi connectivity index (χ3n) is 4.32. The van der Waals surface area contributed by atoms with Crippen LogP contribution in [0.15, 0.2) is 79.4 Å². The smallest absolute Gasteiger partial charge is 0.412 e. The first-order chi connectivity index (χ1) is 16.4. The third kappa shape index (κ3) is 7.81. The van der Waals surface area contributed by atoms with Gasteiger partial charge in [-0.25, -0.2) is 4.79 Å². The standard InChI is InChI=1S/C24H21Br2N3O5S/c1-24(2,3)34-23(31)28-21-19(26)12-14(13-20(21)29(32)33)22(30)27-16-6-10-18(11-7-16)35-17-8-4-15(25)5-9-17/h4-13H,1-3H3,(H,27,30)(H,28,31). The van der Waals surface area contributed by atoms with Crippen LogP contribution >= 0.6 is 43.6 Å². The van der Waals surface area contributed by atoms with Gasteiger partial charge in [0.2, 0.25) is 0 Å². The molecule has 0 fully saturated rings. The zero-order chi connectivity index (χ0) is 25.8. The number of nitrogens with zero attached hydrogens (tertiary/aromatic N) is 1. The van der Waals surface area contributed by atoms with Crippen LogP contribution < -0.4 is 10.6 Å². The summed E-state index contributed by atoms with van der Waals surface area (Å²) in [5.41, 5.74) is -0.749. The lowest BCUT2D eigenvalue weighted by Gasteiger charge is -2.20. The van der Waals surface area contributed by atoms with Crippen LogP contribution in [0.4, 0.5) is 21.9 Å². The molecule has 182 valence electrons. The molecule has 3 aromatic rings. The Kier molecular flexibility index (Phi) is 8.57. The van der Waals surface area contributed by atoms with Gasteiger partial charge in [-0.05, 0) is 91.3 Å². The topological polar surface area (TPSA) is 111 Å². The molecule has 0 aliphatic carbocycles. The second-order valence-electron chi connectivity index (χ2n) is 8.27. The van der Waals surface area contributed by atoms with E-state index in [2.05, 4.69) is 42.5 Å². The number of ether oxygens (including phenoxy) is 1. The summed E-state index contributed by atoms with van der Waals surface area (Å²) in [4.78, 5) is 37.9. The fourth-order valence-corrected chi connectivity index (χ4v) is 4.47. The number of carbonyl (C=O) groups excluding carboxylic acids is 2. The highest BCUT2D eigenvalue weighted by Gasteiger charge is 2.25. The molecule has 0 atom stereocenters. The van der Waals surface area contributed by atoms with Gasteiger partial charge >= 0.3 is 6.09 Å². The Morgan fingerprint density at radius 3 is 2.06 bits per heavy atom. The fourth-order valence-electron chi connectivity index (χ4n) is 2.84. The Morgan fingerprint density at radius 1 is 0.943 bits per heavy atom. The van der Waals surface area contributed by atoms with Gasteiger partial charge in [-0.3, -0.25) is 20.2 Å².